The number of halogens is 4. The molecule has 6 nitrogen and oxygen atoms in total. The first kappa shape index (κ1) is 21.4. The zero-order valence-corrected chi connectivity index (χ0v) is 17.4. The number of nitrogens with one attached hydrogen (secondary N) is 1. The Morgan fingerprint density at radius 2 is 1.65 bits per heavy atom. The van der Waals surface area contributed by atoms with Crippen molar-refractivity contribution in [2.75, 3.05) is 12.4 Å². The minimum absolute atomic E-state index is 0.0119. The van der Waals surface area contributed by atoms with Crippen LogP contribution in [0.5, 0.6) is 0 Å². The predicted molar refractivity (Wildman–Crippen MR) is 117 cm³/mol. The van der Waals surface area contributed by atoms with Crippen molar-refractivity contribution in [1.29, 1.82) is 0 Å². The highest BCUT2D eigenvalue weighted by molar-refractivity contribution is 5.83. The van der Waals surface area contributed by atoms with Crippen LogP contribution in [0.15, 0.2) is 70.0 Å². The largest absolute Gasteiger partial charge is 0.403 e. The number of rotatable bonds is 4. The summed E-state index contributed by atoms with van der Waals surface area (Å²) in [7, 11) is 1.54. The summed E-state index contributed by atoms with van der Waals surface area (Å²) in [5, 5.41) is 10.0. The highest BCUT2D eigenvalue weighted by Crippen LogP contribution is 2.33. The van der Waals surface area contributed by atoms with Gasteiger partial charge in [-0.25, -0.2) is 17.6 Å². The molecule has 0 spiro atoms. The summed E-state index contributed by atoms with van der Waals surface area (Å²) >= 11 is 0. The molecule has 3 aromatic heterocycles. The summed E-state index contributed by atoms with van der Waals surface area (Å²) in [5.74, 6) is -3.74. The van der Waals surface area contributed by atoms with Gasteiger partial charge in [0.15, 0.2) is 5.43 Å². The third kappa shape index (κ3) is 3.49. The fraction of sp³-hybridized carbons (Fsp3) is 0.0417. The monoisotopic (exact) mass is 466 g/mol. The number of nitrogens with zero attached hydrogens (tertiary/aromatic N) is 3. The number of hydrogen-bond donors (Lipinski definition) is 1. The maximum Gasteiger partial charge on any atom is 0.315 e. The average molecular weight is 466 g/mol. The van der Waals surface area contributed by atoms with E-state index in [9.17, 15) is 13.6 Å². The van der Waals surface area contributed by atoms with Crippen molar-refractivity contribution in [2.24, 2.45) is 0 Å². The SMILES string of the molecule is CNc1nnc(-c2cc(F)c(-c3c(=O)ccn4c(-c5ccc(F)cc5F)cccc34)c(F)c2)o1. The van der Waals surface area contributed by atoms with Gasteiger partial charge in [0.2, 0.25) is 5.89 Å². The zero-order chi connectivity index (χ0) is 24.0. The number of benzene rings is 2. The van der Waals surface area contributed by atoms with Gasteiger partial charge < -0.3 is 14.1 Å². The molecule has 0 unspecified atom stereocenters. The van der Waals surface area contributed by atoms with Gasteiger partial charge >= 0.3 is 6.01 Å². The van der Waals surface area contributed by atoms with Crippen LogP contribution in [0.3, 0.4) is 0 Å². The number of anilines is 1. The molecule has 0 fully saturated rings. The smallest absolute Gasteiger partial charge is 0.315 e. The van der Waals surface area contributed by atoms with Gasteiger partial charge in [0.05, 0.1) is 22.3 Å². The van der Waals surface area contributed by atoms with Crippen LogP contribution in [0.25, 0.3) is 39.4 Å². The lowest BCUT2D eigenvalue weighted by Crippen LogP contribution is -2.10. The van der Waals surface area contributed by atoms with E-state index in [4.69, 9.17) is 4.42 Å². The topological polar surface area (TPSA) is 72.4 Å². The first-order valence-corrected chi connectivity index (χ1v) is 9.98. The van der Waals surface area contributed by atoms with Gasteiger partial charge in [-0.15, -0.1) is 5.10 Å². The van der Waals surface area contributed by atoms with Crippen molar-refractivity contribution in [1.82, 2.24) is 14.6 Å². The van der Waals surface area contributed by atoms with Crippen LogP contribution in [-0.2, 0) is 0 Å². The molecule has 34 heavy (non-hydrogen) atoms. The molecule has 5 aromatic rings. The van der Waals surface area contributed by atoms with E-state index in [0.717, 1.165) is 30.3 Å². The molecule has 0 amide bonds. The van der Waals surface area contributed by atoms with Crippen LogP contribution in [0.2, 0.25) is 0 Å². The van der Waals surface area contributed by atoms with Crippen molar-refractivity contribution in [2.45, 2.75) is 0 Å². The lowest BCUT2D eigenvalue weighted by molar-refractivity contribution is 0.573. The Balaban J connectivity index is 1.73. The number of fused-ring (bicyclic) bond motifs is 1. The first-order chi connectivity index (χ1) is 16.4. The molecule has 10 heteroatoms. The van der Waals surface area contributed by atoms with Gasteiger partial charge in [-0.2, -0.15) is 0 Å². The predicted octanol–water partition coefficient (Wildman–Crippen LogP) is 5.28. The van der Waals surface area contributed by atoms with E-state index in [1.807, 2.05) is 0 Å². The molecule has 0 bridgehead atoms. The minimum Gasteiger partial charge on any atom is -0.403 e. The molecule has 3 heterocycles. The van der Waals surface area contributed by atoms with Crippen LogP contribution in [0, 0.1) is 23.3 Å². The second-order valence-electron chi connectivity index (χ2n) is 7.32. The van der Waals surface area contributed by atoms with Gasteiger partial charge in [-0.1, -0.05) is 11.2 Å². The van der Waals surface area contributed by atoms with E-state index in [-0.39, 0.29) is 39.8 Å². The van der Waals surface area contributed by atoms with Crippen molar-refractivity contribution in [3.8, 4) is 33.8 Å². The van der Waals surface area contributed by atoms with Crippen molar-refractivity contribution >= 4 is 11.5 Å². The second kappa shape index (κ2) is 8.14. The van der Waals surface area contributed by atoms with Crippen LogP contribution in [0.1, 0.15) is 0 Å². The molecule has 170 valence electrons. The Kier molecular flexibility index (Phi) is 5.12. The summed E-state index contributed by atoms with van der Waals surface area (Å²) in [4.78, 5) is 12.8. The maximum atomic E-state index is 15.2. The second-order valence-corrected chi connectivity index (χ2v) is 7.32. The highest BCUT2D eigenvalue weighted by atomic mass is 19.1. The summed E-state index contributed by atoms with van der Waals surface area (Å²) < 4.78 is 65.0. The van der Waals surface area contributed by atoms with E-state index < -0.39 is 34.3 Å². The van der Waals surface area contributed by atoms with Gasteiger partial charge in [-0.3, -0.25) is 4.79 Å². The molecule has 0 aliphatic carbocycles. The van der Waals surface area contributed by atoms with Crippen molar-refractivity contribution < 1.29 is 22.0 Å². The Bertz CT molecular complexity index is 1600. The summed E-state index contributed by atoms with van der Waals surface area (Å²) in [6.45, 7) is 0. The van der Waals surface area contributed by atoms with Crippen molar-refractivity contribution in [3.05, 3.63) is 94.3 Å². The molecular formula is C24H14F4N4O2. The summed E-state index contributed by atoms with van der Waals surface area (Å²) in [6, 6.07) is 10.8. The molecule has 0 aliphatic rings. The molecule has 1 N–H and O–H groups in total. The van der Waals surface area contributed by atoms with Crippen LogP contribution in [-0.4, -0.2) is 21.6 Å². The fourth-order valence-electron chi connectivity index (χ4n) is 3.78. The maximum absolute atomic E-state index is 15.2. The molecule has 0 atom stereocenters. The molecule has 0 aliphatic heterocycles. The van der Waals surface area contributed by atoms with E-state index in [0.29, 0.717) is 0 Å². The average Bonchev–Trinajstić information content (AvgIpc) is 3.29. The van der Waals surface area contributed by atoms with E-state index >= 15 is 8.78 Å². The van der Waals surface area contributed by atoms with E-state index in [1.54, 1.807) is 13.1 Å². The quantitative estimate of drug-likeness (QED) is 0.365. The van der Waals surface area contributed by atoms with Crippen LogP contribution >= 0.6 is 0 Å². The summed E-state index contributed by atoms with van der Waals surface area (Å²) in [5.41, 5.74) is -1.02. The van der Waals surface area contributed by atoms with Gasteiger partial charge in [0.25, 0.3) is 0 Å². The highest BCUT2D eigenvalue weighted by Gasteiger charge is 2.22. The van der Waals surface area contributed by atoms with Crippen molar-refractivity contribution in [3.63, 3.8) is 0 Å². The van der Waals surface area contributed by atoms with Gasteiger partial charge in [-0.05, 0) is 36.4 Å². The number of pyridine rings is 2. The number of hydrogen-bond acceptors (Lipinski definition) is 5. The third-order valence-electron chi connectivity index (χ3n) is 5.29. The molecule has 0 saturated carbocycles. The van der Waals surface area contributed by atoms with Gasteiger partial charge in [0.1, 0.15) is 23.3 Å². The van der Waals surface area contributed by atoms with E-state index in [2.05, 4.69) is 15.5 Å². The van der Waals surface area contributed by atoms with E-state index in [1.165, 1.54) is 28.8 Å². The third-order valence-corrected chi connectivity index (χ3v) is 5.29. The fourth-order valence-corrected chi connectivity index (χ4v) is 3.78. The normalized spacial score (nSPS) is 11.2. The zero-order valence-electron chi connectivity index (χ0n) is 17.4. The summed E-state index contributed by atoms with van der Waals surface area (Å²) in [6.07, 6.45) is 1.36. The molecule has 0 radical (unpaired) electrons. The molecule has 2 aromatic carbocycles. The molecular weight excluding hydrogens is 452 g/mol. The Hall–Kier alpha value is -4.47. The minimum atomic E-state index is -1.03. The Morgan fingerprint density at radius 1 is 0.882 bits per heavy atom. The Labute approximate surface area is 189 Å². The lowest BCUT2D eigenvalue weighted by atomic mass is 10.00. The standard InChI is InChI=1S/C24H14F4N4O2/c1-29-24-31-30-23(34-24)12-9-16(27)21(17(28)10-12)22-19-4-2-3-18(32(19)8-7-20(22)33)14-6-5-13(25)11-15(14)26/h2-11H,1H3,(H,29,31). The van der Waals surface area contributed by atoms with Crippen LogP contribution < -0.4 is 10.7 Å². The van der Waals surface area contributed by atoms with Gasteiger partial charge in [0, 0.05) is 36.5 Å². The Morgan fingerprint density at radius 3 is 2.32 bits per heavy atom. The number of aromatic nitrogens is 3. The first-order valence-electron chi connectivity index (χ1n) is 9.98. The van der Waals surface area contributed by atoms with Crippen LogP contribution in [0.4, 0.5) is 23.6 Å². The molecule has 0 saturated heterocycles. The lowest BCUT2D eigenvalue weighted by Gasteiger charge is -2.14. The molecule has 5 rings (SSSR count).